The number of nitrogens with one attached hydrogen (secondary N) is 1. The van der Waals surface area contributed by atoms with E-state index in [1.807, 2.05) is 6.07 Å². The minimum atomic E-state index is -0.397. The molecule has 0 saturated carbocycles. The number of aryl methyl sites for hydroxylation is 1. The Morgan fingerprint density at radius 1 is 1.50 bits per heavy atom. The number of halogens is 1. The van der Waals surface area contributed by atoms with E-state index in [0.717, 1.165) is 9.35 Å². The molecule has 1 aromatic heterocycles. The fourth-order valence-corrected chi connectivity index (χ4v) is 3.05. The summed E-state index contributed by atoms with van der Waals surface area (Å²) in [5, 5.41) is 22.8. The van der Waals surface area contributed by atoms with Crippen LogP contribution >= 0.6 is 27.3 Å². The first kappa shape index (κ1) is 14.5. The van der Waals surface area contributed by atoms with Gasteiger partial charge in [-0.05, 0) is 41.1 Å². The zero-order chi connectivity index (χ0) is 14.7. The van der Waals surface area contributed by atoms with Crippen LogP contribution in [0.5, 0.6) is 0 Å². The van der Waals surface area contributed by atoms with Crippen LogP contribution in [0.4, 0.5) is 11.4 Å². The number of thiophene rings is 1. The number of rotatable bonds is 4. The van der Waals surface area contributed by atoms with Gasteiger partial charge in [-0.3, -0.25) is 10.1 Å². The lowest BCUT2D eigenvalue weighted by Crippen LogP contribution is -2.00. The second-order valence-electron chi connectivity index (χ2n) is 4.11. The Labute approximate surface area is 128 Å². The van der Waals surface area contributed by atoms with Crippen molar-refractivity contribution in [2.24, 2.45) is 0 Å². The molecule has 0 saturated heterocycles. The third-order valence-corrected chi connectivity index (χ3v) is 4.35. The number of nitrogens with zero attached hydrogens (tertiary/aromatic N) is 2. The monoisotopic (exact) mass is 351 g/mol. The summed E-state index contributed by atoms with van der Waals surface area (Å²) in [6.07, 6.45) is 0. The number of nitro benzene ring substituents is 1. The summed E-state index contributed by atoms with van der Waals surface area (Å²) >= 11 is 4.79. The molecule has 0 aliphatic carbocycles. The summed E-state index contributed by atoms with van der Waals surface area (Å²) in [6.45, 7) is 2.22. The first-order valence-corrected chi connectivity index (χ1v) is 7.29. The van der Waals surface area contributed by atoms with E-state index in [2.05, 4.69) is 27.3 Å². The topological polar surface area (TPSA) is 79.0 Å². The zero-order valence-corrected chi connectivity index (χ0v) is 12.9. The lowest BCUT2D eigenvalue weighted by molar-refractivity contribution is -0.385. The fourth-order valence-electron chi connectivity index (χ4n) is 1.71. The molecule has 0 aliphatic heterocycles. The predicted octanol–water partition coefficient (Wildman–Crippen LogP) is 4.21. The first-order valence-electron chi connectivity index (χ1n) is 5.68. The molecule has 7 heteroatoms. The molecule has 0 radical (unpaired) electrons. The summed E-state index contributed by atoms with van der Waals surface area (Å²) in [5.74, 6) is 0. The number of nitro groups is 1. The standard InChI is InChI=1S/C13H10BrN3O2S/c1-8-4-11(14)12(5-13(8)17(18)19)16-7-10-3-2-9(6-15)20-10/h2-5,16H,7H2,1H3. The Hall–Kier alpha value is -1.91. The van der Waals surface area contributed by atoms with Gasteiger partial charge in [-0.25, -0.2) is 0 Å². The first-order chi connectivity index (χ1) is 9.51. The Balaban J connectivity index is 2.19. The van der Waals surface area contributed by atoms with Gasteiger partial charge in [0.1, 0.15) is 10.9 Å². The van der Waals surface area contributed by atoms with Crippen molar-refractivity contribution in [3.8, 4) is 6.07 Å². The number of benzene rings is 1. The SMILES string of the molecule is Cc1cc(Br)c(NCc2ccc(C#N)s2)cc1[N+](=O)[O-]. The van der Waals surface area contributed by atoms with Crippen LogP contribution in [0.1, 0.15) is 15.3 Å². The normalized spacial score (nSPS) is 10.1. The molecule has 1 aromatic carbocycles. The molecule has 0 bridgehead atoms. The molecule has 0 amide bonds. The highest BCUT2D eigenvalue weighted by Gasteiger charge is 2.14. The number of hydrogen-bond donors (Lipinski definition) is 1. The quantitative estimate of drug-likeness (QED) is 0.660. The van der Waals surface area contributed by atoms with E-state index in [1.165, 1.54) is 17.4 Å². The third-order valence-electron chi connectivity index (χ3n) is 2.71. The summed E-state index contributed by atoms with van der Waals surface area (Å²) in [5.41, 5.74) is 1.35. The van der Waals surface area contributed by atoms with Crippen molar-refractivity contribution in [2.45, 2.75) is 13.5 Å². The van der Waals surface area contributed by atoms with Crippen LogP contribution in [-0.4, -0.2) is 4.92 Å². The summed E-state index contributed by atoms with van der Waals surface area (Å²) in [6, 6.07) is 8.94. The zero-order valence-electron chi connectivity index (χ0n) is 10.5. The lowest BCUT2D eigenvalue weighted by atomic mass is 10.2. The molecule has 102 valence electrons. The van der Waals surface area contributed by atoms with Crippen LogP contribution in [0.2, 0.25) is 0 Å². The van der Waals surface area contributed by atoms with Crippen molar-refractivity contribution in [3.63, 3.8) is 0 Å². The van der Waals surface area contributed by atoms with E-state index in [1.54, 1.807) is 19.1 Å². The van der Waals surface area contributed by atoms with Crippen molar-refractivity contribution in [1.82, 2.24) is 0 Å². The van der Waals surface area contributed by atoms with Gasteiger partial charge in [0, 0.05) is 27.5 Å². The van der Waals surface area contributed by atoms with Crippen molar-refractivity contribution in [2.75, 3.05) is 5.32 Å². The molecule has 0 atom stereocenters. The van der Waals surface area contributed by atoms with Gasteiger partial charge in [0.2, 0.25) is 0 Å². The Morgan fingerprint density at radius 3 is 2.85 bits per heavy atom. The molecule has 2 aromatic rings. The molecule has 2 rings (SSSR count). The van der Waals surface area contributed by atoms with Crippen LogP contribution in [0, 0.1) is 28.4 Å². The summed E-state index contributed by atoms with van der Waals surface area (Å²) in [4.78, 5) is 12.2. The second kappa shape index (κ2) is 6.03. The molecular weight excluding hydrogens is 342 g/mol. The van der Waals surface area contributed by atoms with Gasteiger partial charge < -0.3 is 5.32 Å². The van der Waals surface area contributed by atoms with Gasteiger partial charge in [-0.2, -0.15) is 5.26 Å². The van der Waals surface area contributed by atoms with Crippen molar-refractivity contribution < 1.29 is 4.92 Å². The summed E-state index contributed by atoms with van der Waals surface area (Å²) < 4.78 is 0.776. The number of anilines is 1. The fraction of sp³-hybridized carbons (Fsp3) is 0.154. The van der Waals surface area contributed by atoms with Gasteiger partial charge in [-0.15, -0.1) is 11.3 Å². The van der Waals surface area contributed by atoms with E-state index in [9.17, 15) is 10.1 Å². The molecule has 1 heterocycles. The third kappa shape index (κ3) is 3.15. The maximum atomic E-state index is 10.9. The van der Waals surface area contributed by atoms with Crippen LogP contribution < -0.4 is 5.32 Å². The maximum Gasteiger partial charge on any atom is 0.274 e. The predicted molar refractivity (Wildman–Crippen MR) is 81.9 cm³/mol. The van der Waals surface area contributed by atoms with E-state index < -0.39 is 4.92 Å². The average Bonchev–Trinajstić information content (AvgIpc) is 2.85. The molecular formula is C13H10BrN3O2S. The lowest BCUT2D eigenvalue weighted by Gasteiger charge is -2.08. The molecule has 5 nitrogen and oxygen atoms in total. The van der Waals surface area contributed by atoms with Gasteiger partial charge in [0.05, 0.1) is 10.6 Å². The molecule has 0 spiro atoms. The highest BCUT2D eigenvalue weighted by molar-refractivity contribution is 9.10. The van der Waals surface area contributed by atoms with E-state index >= 15 is 0 Å². The van der Waals surface area contributed by atoms with Gasteiger partial charge in [0.15, 0.2) is 0 Å². The smallest absolute Gasteiger partial charge is 0.274 e. The minimum Gasteiger partial charge on any atom is -0.379 e. The van der Waals surface area contributed by atoms with Crippen molar-refractivity contribution in [1.29, 1.82) is 5.26 Å². The molecule has 1 N–H and O–H groups in total. The van der Waals surface area contributed by atoms with Crippen LogP contribution in [0.15, 0.2) is 28.7 Å². The highest BCUT2D eigenvalue weighted by atomic mass is 79.9. The average molecular weight is 352 g/mol. The number of hydrogen-bond acceptors (Lipinski definition) is 5. The summed E-state index contributed by atoms with van der Waals surface area (Å²) in [7, 11) is 0. The van der Waals surface area contributed by atoms with E-state index in [4.69, 9.17) is 5.26 Å². The highest BCUT2D eigenvalue weighted by Crippen LogP contribution is 2.31. The Kier molecular flexibility index (Phi) is 4.37. The van der Waals surface area contributed by atoms with Gasteiger partial charge >= 0.3 is 0 Å². The Bertz CT molecular complexity index is 706. The largest absolute Gasteiger partial charge is 0.379 e. The van der Waals surface area contributed by atoms with Crippen LogP contribution in [0.25, 0.3) is 0 Å². The van der Waals surface area contributed by atoms with Crippen molar-refractivity contribution in [3.05, 3.63) is 54.2 Å². The van der Waals surface area contributed by atoms with Crippen molar-refractivity contribution >= 4 is 38.6 Å². The van der Waals surface area contributed by atoms with Gasteiger partial charge in [0.25, 0.3) is 5.69 Å². The van der Waals surface area contributed by atoms with E-state index in [-0.39, 0.29) is 5.69 Å². The minimum absolute atomic E-state index is 0.0830. The van der Waals surface area contributed by atoms with Crippen LogP contribution in [-0.2, 0) is 6.54 Å². The Morgan fingerprint density at radius 2 is 2.25 bits per heavy atom. The number of nitriles is 1. The molecule has 0 unspecified atom stereocenters. The molecule has 20 heavy (non-hydrogen) atoms. The second-order valence-corrected chi connectivity index (χ2v) is 6.13. The maximum absolute atomic E-state index is 10.9. The van der Waals surface area contributed by atoms with Gasteiger partial charge in [-0.1, -0.05) is 0 Å². The van der Waals surface area contributed by atoms with Crippen LogP contribution in [0.3, 0.4) is 0 Å². The van der Waals surface area contributed by atoms with E-state index in [0.29, 0.717) is 22.7 Å². The molecule has 0 aliphatic rings. The molecule has 0 fully saturated rings.